The van der Waals surface area contributed by atoms with E-state index in [1.807, 2.05) is 0 Å². The third-order valence-corrected chi connectivity index (χ3v) is 4.09. The number of hydrogen-bond donors (Lipinski definition) is 1. The molecule has 136 valence electrons. The van der Waals surface area contributed by atoms with Crippen LogP contribution >= 0.6 is 0 Å². The number of fused-ring (bicyclic) bond motifs is 1. The molecular formula is C18H18FN3O4. The molecule has 1 aliphatic rings. The smallest absolute Gasteiger partial charge is 0.333 e. The number of hydrogen-bond acceptors (Lipinski definition) is 6. The van der Waals surface area contributed by atoms with Gasteiger partial charge in [-0.15, -0.1) is 15.0 Å². The molecule has 0 saturated heterocycles. The molecule has 1 heterocycles. The lowest BCUT2D eigenvalue weighted by atomic mass is 9.94. The average molecular weight is 359 g/mol. The highest BCUT2D eigenvalue weighted by Crippen LogP contribution is 2.32. The number of nitrogens with zero attached hydrogens (tertiary/aromatic N) is 3. The first-order valence-corrected chi connectivity index (χ1v) is 7.84. The van der Waals surface area contributed by atoms with Crippen LogP contribution in [0.5, 0.6) is 0 Å². The Morgan fingerprint density at radius 2 is 2.15 bits per heavy atom. The van der Waals surface area contributed by atoms with Crippen molar-refractivity contribution in [1.82, 2.24) is 15.0 Å². The van der Waals surface area contributed by atoms with Crippen LogP contribution in [0.2, 0.25) is 0 Å². The average Bonchev–Trinajstić information content (AvgIpc) is 3.04. The minimum atomic E-state index is -1.45. The summed E-state index contributed by atoms with van der Waals surface area (Å²) in [6.45, 7) is 4.90. The molecule has 1 N–H and O–H groups in total. The Morgan fingerprint density at radius 1 is 1.42 bits per heavy atom. The number of allylic oxidation sites excluding steroid dienone is 2. The molecule has 0 radical (unpaired) electrons. The third-order valence-electron chi connectivity index (χ3n) is 4.09. The van der Waals surface area contributed by atoms with Gasteiger partial charge >= 0.3 is 5.97 Å². The molecule has 3 rings (SSSR count). The maximum atomic E-state index is 13.4. The van der Waals surface area contributed by atoms with Crippen molar-refractivity contribution in [3.05, 3.63) is 60.0 Å². The van der Waals surface area contributed by atoms with Crippen molar-refractivity contribution in [3.63, 3.8) is 0 Å². The quantitative estimate of drug-likeness (QED) is 0.648. The largest absolute Gasteiger partial charge is 0.458 e. The summed E-state index contributed by atoms with van der Waals surface area (Å²) in [5.74, 6) is -1.00. The van der Waals surface area contributed by atoms with E-state index in [-0.39, 0.29) is 12.2 Å². The van der Waals surface area contributed by atoms with Crippen LogP contribution in [0, 0.1) is 5.82 Å². The van der Waals surface area contributed by atoms with Crippen LogP contribution in [0.15, 0.2) is 54.2 Å². The fourth-order valence-electron chi connectivity index (χ4n) is 2.64. The van der Waals surface area contributed by atoms with Crippen molar-refractivity contribution in [3.8, 4) is 0 Å². The number of ether oxygens (including phenoxy) is 2. The highest BCUT2D eigenvalue weighted by atomic mass is 19.1. The number of aromatic nitrogens is 3. The highest BCUT2D eigenvalue weighted by molar-refractivity contribution is 5.87. The van der Waals surface area contributed by atoms with Gasteiger partial charge in [0, 0.05) is 24.3 Å². The standard InChI is InChI=1S/C18H18FN3O4/c1-11(2)17(24)26-10-12-5-4-8-18(25-3,16(12)23)22-20-14-7-6-13(19)9-15(14)21-22/h4-9,16,23H,1,10H2,2-3H3. The molecule has 0 fully saturated rings. The van der Waals surface area contributed by atoms with E-state index in [2.05, 4.69) is 16.8 Å². The first-order chi connectivity index (χ1) is 12.4. The van der Waals surface area contributed by atoms with Crippen molar-refractivity contribution in [2.75, 3.05) is 13.7 Å². The number of aliphatic hydroxyl groups is 1. The van der Waals surface area contributed by atoms with Gasteiger partial charge in [-0.3, -0.25) is 0 Å². The lowest BCUT2D eigenvalue weighted by Gasteiger charge is -2.35. The van der Waals surface area contributed by atoms with E-state index < -0.39 is 23.6 Å². The molecule has 8 heteroatoms. The van der Waals surface area contributed by atoms with Gasteiger partial charge in [0.1, 0.15) is 29.6 Å². The van der Waals surface area contributed by atoms with E-state index in [1.165, 1.54) is 37.0 Å². The maximum Gasteiger partial charge on any atom is 0.333 e. The molecule has 1 aromatic heterocycles. The Morgan fingerprint density at radius 3 is 2.85 bits per heavy atom. The molecule has 2 atom stereocenters. The van der Waals surface area contributed by atoms with E-state index in [0.29, 0.717) is 16.6 Å². The van der Waals surface area contributed by atoms with Gasteiger partial charge in [0.2, 0.25) is 5.72 Å². The number of halogens is 1. The van der Waals surface area contributed by atoms with E-state index in [4.69, 9.17) is 9.47 Å². The van der Waals surface area contributed by atoms with Gasteiger partial charge in [0.05, 0.1) is 0 Å². The lowest BCUT2D eigenvalue weighted by Crippen LogP contribution is -2.49. The number of esters is 1. The molecule has 7 nitrogen and oxygen atoms in total. The zero-order valence-electron chi connectivity index (χ0n) is 14.3. The van der Waals surface area contributed by atoms with Gasteiger partial charge in [0.25, 0.3) is 0 Å². The monoisotopic (exact) mass is 359 g/mol. The Labute approximate surface area is 149 Å². The third kappa shape index (κ3) is 3.04. The van der Waals surface area contributed by atoms with Gasteiger partial charge in [-0.2, -0.15) is 0 Å². The number of carbonyl (C=O) groups excluding carboxylic acids is 1. The minimum Gasteiger partial charge on any atom is -0.458 e. The summed E-state index contributed by atoms with van der Waals surface area (Å²) in [7, 11) is 1.39. The van der Waals surface area contributed by atoms with Crippen LogP contribution in [0.1, 0.15) is 6.92 Å². The van der Waals surface area contributed by atoms with Gasteiger partial charge in [-0.25, -0.2) is 9.18 Å². The van der Waals surface area contributed by atoms with E-state index >= 15 is 0 Å². The summed E-state index contributed by atoms with van der Waals surface area (Å²) in [5.41, 5.74) is -0.0158. The van der Waals surface area contributed by atoms with Crippen molar-refractivity contribution in [1.29, 1.82) is 0 Å². The second kappa shape index (κ2) is 6.81. The Balaban J connectivity index is 1.93. The molecule has 2 unspecified atom stereocenters. The number of carbonyl (C=O) groups is 1. The number of methoxy groups -OCH3 is 1. The number of aliphatic hydroxyl groups excluding tert-OH is 1. The summed E-state index contributed by atoms with van der Waals surface area (Å²) < 4.78 is 24.0. The van der Waals surface area contributed by atoms with Crippen LogP contribution in [-0.2, 0) is 20.0 Å². The van der Waals surface area contributed by atoms with Gasteiger partial charge < -0.3 is 14.6 Å². The summed E-state index contributed by atoms with van der Waals surface area (Å²) in [5, 5.41) is 19.3. The SMILES string of the molecule is C=C(C)C(=O)OCC1=CC=CC(OC)(n2nc3ccc(F)cc3n2)C1O. The lowest BCUT2D eigenvalue weighted by molar-refractivity contribution is -0.142. The van der Waals surface area contributed by atoms with E-state index in [9.17, 15) is 14.3 Å². The molecule has 2 aromatic rings. The predicted molar refractivity (Wildman–Crippen MR) is 91.5 cm³/mol. The number of rotatable bonds is 5. The van der Waals surface area contributed by atoms with Crippen LogP contribution in [-0.4, -0.2) is 45.9 Å². The topological polar surface area (TPSA) is 86.5 Å². The van der Waals surface area contributed by atoms with Crippen molar-refractivity contribution < 1.29 is 23.8 Å². The predicted octanol–water partition coefficient (Wildman–Crippen LogP) is 1.85. The van der Waals surface area contributed by atoms with Gasteiger partial charge in [-0.1, -0.05) is 18.7 Å². The van der Waals surface area contributed by atoms with Crippen molar-refractivity contribution >= 4 is 17.0 Å². The molecule has 0 amide bonds. The molecule has 0 bridgehead atoms. The van der Waals surface area contributed by atoms with Crippen LogP contribution in [0.3, 0.4) is 0 Å². The Bertz CT molecular complexity index is 934. The fraction of sp³-hybridized carbons (Fsp3) is 0.278. The van der Waals surface area contributed by atoms with Gasteiger partial charge in [-0.05, 0) is 25.1 Å². The first-order valence-electron chi connectivity index (χ1n) is 7.84. The molecule has 0 saturated carbocycles. The summed E-state index contributed by atoms with van der Waals surface area (Å²) in [6, 6.07) is 4.00. The molecule has 1 aromatic carbocycles. The molecule has 0 spiro atoms. The highest BCUT2D eigenvalue weighted by Gasteiger charge is 2.44. The van der Waals surface area contributed by atoms with Crippen molar-refractivity contribution in [2.45, 2.75) is 18.8 Å². The molecule has 0 aliphatic heterocycles. The summed E-state index contributed by atoms with van der Waals surface area (Å²) >= 11 is 0. The summed E-state index contributed by atoms with van der Waals surface area (Å²) in [4.78, 5) is 12.8. The van der Waals surface area contributed by atoms with Gasteiger partial charge in [0.15, 0.2) is 0 Å². The maximum absolute atomic E-state index is 13.4. The van der Waals surface area contributed by atoms with Crippen LogP contribution in [0.25, 0.3) is 11.0 Å². The second-order valence-corrected chi connectivity index (χ2v) is 5.94. The van der Waals surface area contributed by atoms with E-state index in [0.717, 1.165) is 0 Å². The Kier molecular flexibility index (Phi) is 4.71. The Hall–Kier alpha value is -2.84. The van der Waals surface area contributed by atoms with Crippen molar-refractivity contribution in [2.24, 2.45) is 0 Å². The second-order valence-electron chi connectivity index (χ2n) is 5.94. The normalized spacial score (nSPS) is 22.3. The van der Waals surface area contributed by atoms with Crippen LogP contribution in [0.4, 0.5) is 4.39 Å². The summed E-state index contributed by atoms with van der Waals surface area (Å²) in [6.07, 6.45) is 3.63. The number of benzene rings is 1. The van der Waals surface area contributed by atoms with Crippen LogP contribution < -0.4 is 0 Å². The zero-order valence-corrected chi connectivity index (χ0v) is 14.3. The minimum absolute atomic E-state index is 0.141. The van der Waals surface area contributed by atoms with E-state index in [1.54, 1.807) is 18.2 Å². The fourth-order valence-corrected chi connectivity index (χ4v) is 2.64. The zero-order chi connectivity index (χ0) is 18.9. The molecule has 1 aliphatic carbocycles. The molecule has 26 heavy (non-hydrogen) atoms. The first kappa shape index (κ1) is 18.0. The molecular weight excluding hydrogens is 341 g/mol.